The van der Waals surface area contributed by atoms with Crippen molar-refractivity contribution in [2.45, 2.75) is 38.4 Å². The third-order valence-corrected chi connectivity index (χ3v) is 6.43. The van der Waals surface area contributed by atoms with E-state index in [1.54, 1.807) is 16.7 Å². The predicted octanol–water partition coefficient (Wildman–Crippen LogP) is 4.54. The molecule has 31 heavy (non-hydrogen) atoms. The summed E-state index contributed by atoms with van der Waals surface area (Å²) in [5.74, 6) is 0.469. The number of amides is 1. The number of unbranched alkanes of at least 4 members (excludes halogenated alkanes) is 1. The van der Waals surface area contributed by atoms with Crippen LogP contribution in [0.3, 0.4) is 0 Å². The molecule has 0 bridgehead atoms. The number of para-hydroxylation sites is 1. The van der Waals surface area contributed by atoms with Gasteiger partial charge in [-0.05, 0) is 43.2 Å². The summed E-state index contributed by atoms with van der Waals surface area (Å²) in [4.78, 5) is 25.5. The number of aromatic nitrogens is 4. The number of carbonyl (C=O) groups excluding carboxylic acids is 1. The smallest absolute Gasteiger partial charge is 0.262 e. The highest BCUT2D eigenvalue weighted by atomic mass is 35.5. The summed E-state index contributed by atoms with van der Waals surface area (Å²) in [7, 11) is 0. The molecule has 1 N–H and O–H groups in total. The van der Waals surface area contributed by atoms with Gasteiger partial charge >= 0.3 is 0 Å². The molecule has 4 rings (SSSR count). The van der Waals surface area contributed by atoms with Gasteiger partial charge < -0.3 is 5.32 Å². The number of nitrogens with zero attached hydrogens (tertiary/aromatic N) is 4. The molecule has 0 spiro atoms. The van der Waals surface area contributed by atoms with Gasteiger partial charge in [0.25, 0.3) is 5.56 Å². The predicted molar refractivity (Wildman–Crippen MR) is 125 cm³/mol. The number of hydrogen-bond donors (Lipinski definition) is 1. The van der Waals surface area contributed by atoms with Gasteiger partial charge in [0.05, 0.1) is 16.7 Å². The normalized spacial score (nSPS) is 11.3. The van der Waals surface area contributed by atoms with E-state index in [9.17, 15) is 9.59 Å². The summed E-state index contributed by atoms with van der Waals surface area (Å²) in [6.07, 6.45) is 1.83. The Kier molecular flexibility index (Phi) is 6.29. The molecule has 0 aliphatic heterocycles. The van der Waals surface area contributed by atoms with E-state index < -0.39 is 0 Å². The summed E-state index contributed by atoms with van der Waals surface area (Å²) in [5, 5.41) is 13.2. The van der Waals surface area contributed by atoms with E-state index in [0.717, 1.165) is 23.9 Å². The second-order valence-electron chi connectivity index (χ2n) is 7.19. The minimum absolute atomic E-state index is 0.0744. The number of anilines is 1. The molecule has 9 heteroatoms. The van der Waals surface area contributed by atoms with Gasteiger partial charge in [-0.2, -0.15) is 0 Å². The molecule has 160 valence electrons. The lowest BCUT2D eigenvalue weighted by molar-refractivity contribution is -0.113. The lowest BCUT2D eigenvalue weighted by Gasteiger charge is -2.11. The Balaban J connectivity index is 1.65. The molecule has 0 fully saturated rings. The van der Waals surface area contributed by atoms with Gasteiger partial charge in [0.15, 0.2) is 5.16 Å². The second-order valence-corrected chi connectivity index (χ2v) is 8.54. The zero-order chi connectivity index (χ0) is 22.0. The van der Waals surface area contributed by atoms with Crippen LogP contribution in [0.1, 0.15) is 25.3 Å². The molecule has 7 nitrogen and oxygen atoms in total. The van der Waals surface area contributed by atoms with Crippen molar-refractivity contribution in [2.75, 3.05) is 11.1 Å². The maximum Gasteiger partial charge on any atom is 0.262 e. The largest absolute Gasteiger partial charge is 0.325 e. The van der Waals surface area contributed by atoms with Crippen molar-refractivity contribution in [3.63, 3.8) is 0 Å². The second kappa shape index (κ2) is 9.11. The third kappa shape index (κ3) is 4.18. The van der Waals surface area contributed by atoms with Crippen molar-refractivity contribution in [2.24, 2.45) is 0 Å². The van der Waals surface area contributed by atoms with Crippen molar-refractivity contribution in [1.29, 1.82) is 0 Å². The Morgan fingerprint density at radius 2 is 1.97 bits per heavy atom. The monoisotopic (exact) mass is 455 g/mol. The molecular weight excluding hydrogens is 434 g/mol. The minimum Gasteiger partial charge on any atom is -0.325 e. The van der Waals surface area contributed by atoms with Crippen LogP contribution in [0.15, 0.2) is 52.4 Å². The summed E-state index contributed by atoms with van der Waals surface area (Å²) in [6.45, 7) is 4.51. The minimum atomic E-state index is -0.171. The van der Waals surface area contributed by atoms with Gasteiger partial charge in [-0.1, -0.05) is 54.9 Å². The fourth-order valence-electron chi connectivity index (χ4n) is 3.40. The van der Waals surface area contributed by atoms with Crippen molar-refractivity contribution in [3.8, 4) is 0 Å². The van der Waals surface area contributed by atoms with Crippen LogP contribution in [0.2, 0.25) is 5.02 Å². The first-order valence-electron chi connectivity index (χ1n) is 10.1. The number of rotatable bonds is 7. The van der Waals surface area contributed by atoms with E-state index in [2.05, 4.69) is 22.4 Å². The number of carbonyl (C=O) groups is 1. The molecule has 2 aromatic heterocycles. The van der Waals surface area contributed by atoms with Gasteiger partial charge in [-0.25, -0.2) is 0 Å². The molecule has 0 radical (unpaired) electrons. The number of nitrogens with one attached hydrogen (secondary N) is 1. The summed E-state index contributed by atoms with van der Waals surface area (Å²) in [5.41, 5.74) is 2.16. The Morgan fingerprint density at radius 1 is 1.16 bits per heavy atom. The van der Waals surface area contributed by atoms with Crippen molar-refractivity contribution < 1.29 is 4.79 Å². The van der Waals surface area contributed by atoms with Crippen molar-refractivity contribution >= 4 is 51.6 Å². The molecule has 0 aliphatic carbocycles. The molecule has 2 aromatic carbocycles. The van der Waals surface area contributed by atoms with E-state index >= 15 is 0 Å². The van der Waals surface area contributed by atoms with Crippen LogP contribution in [-0.4, -0.2) is 30.8 Å². The van der Waals surface area contributed by atoms with Crippen LogP contribution in [0.5, 0.6) is 0 Å². The first-order chi connectivity index (χ1) is 15.0. The molecule has 0 saturated heterocycles. The van der Waals surface area contributed by atoms with Crippen LogP contribution in [-0.2, 0) is 11.3 Å². The summed E-state index contributed by atoms with van der Waals surface area (Å²) < 4.78 is 3.52. The quantitative estimate of drug-likeness (QED) is 0.414. The Bertz CT molecular complexity index is 1330. The molecule has 0 aliphatic rings. The highest BCUT2D eigenvalue weighted by molar-refractivity contribution is 7.99. The SMILES string of the molecule is CCCCn1c(=O)c2ccccc2n2c(SCC(=O)Nc3cccc(Cl)c3C)nnc12. The van der Waals surface area contributed by atoms with Crippen LogP contribution in [0, 0.1) is 6.92 Å². The van der Waals surface area contributed by atoms with Gasteiger partial charge in [-0.15, -0.1) is 10.2 Å². The first-order valence-corrected chi connectivity index (χ1v) is 11.4. The van der Waals surface area contributed by atoms with Crippen molar-refractivity contribution in [1.82, 2.24) is 19.2 Å². The van der Waals surface area contributed by atoms with E-state index in [0.29, 0.717) is 33.6 Å². The van der Waals surface area contributed by atoms with Crippen LogP contribution in [0.4, 0.5) is 5.69 Å². The Labute approximate surface area is 188 Å². The van der Waals surface area contributed by atoms with Gasteiger partial charge in [0, 0.05) is 17.3 Å². The number of benzene rings is 2. The van der Waals surface area contributed by atoms with Crippen LogP contribution >= 0.6 is 23.4 Å². The first kappa shape index (κ1) is 21.4. The topological polar surface area (TPSA) is 81.3 Å². The lowest BCUT2D eigenvalue weighted by Crippen LogP contribution is -2.23. The van der Waals surface area contributed by atoms with Crippen LogP contribution < -0.4 is 10.9 Å². The number of halogens is 1. The highest BCUT2D eigenvalue weighted by Gasteiger charge is 2.17. The number of hydrogen-bond acceptors (Lipinski definition) is 5. The average molecular weight is 456 g/mol. The summed E-state index contributed by atoms with van der Waals surface area (Å²) >= 11 is 7.41. The molecule has 0 unspecified atom stereocenters. The third-order valence-electron chi connectivity index (χ3n) is 5.09. The highest BCUT2D eigenvalue weighted by Crippen LogP contribution is 2.25. The number of thioether (sulfide) groups is 1. The van der Waals surface area contributed by atoms with E-state index in [1.165, 1.54) is 11.8 Å². The van der Waals surface area contributed by atoms with Gasteiger partial charge in [-0.3, -0.25) is 18.6 Å². The zero-order valence-electron chi connectivity index (χ0n) is 17.3. The van der Waals surface area contributed by atoms with Crippen molar-refractivity contribution in [3.05, 3.63) is 63.4 Å². The van der Waals surface area contributed by atoms with Gasteiger partial charge in [0.2, 0.25) is 11.7 Å². The standard InChI is InChI=1S/C22H22ClN5O2S/c1-3-4-12-27-20(30)15-8-5-6-11-18(15)28-21(27)25-26-22(28)31-13-19(29)24-17-10-7-9-16(23)14(17)2/h5-11H,3-4,12-13H2,1-2H3,(H,24,29). The molecule has 0 saturated carbocycles. The fourth-order valence-corrected chi connectivity index (χ4v) is 4.32. The van der Waals surface area contributed by atoms with E-state index in [-0.39, 0.29) is 17.2 Å². The van der Waals surface area contributed by atoms with E-state index in [1.807, 2.05) is 41.7 Å². The fraction of sp³-hybridized carbons (Fsp3) is 0.273. The average Bonchev–Trinajstić information content (AvgIpc) is 3.19. The Hall–Kier alpha value is -2.84. The molecule has 4 aromatic rings. The molecular formula is C22H22ClN5O2S. The maximum absolute atomic E-state index is 13.0. The van der Waals surface area contributed by atoms with Crippen LogP contribution in [0.25, 0.3) is 16.7 Å². The van der Waals surface area contributed by atoms with Gasteiger partial charge in [0.1, 0.15) is 0 Å². The maximum atomic E-state index is 13.0. The zero-order valence-corrected chi connectivity index (χ0v) is 18.8. The van der Waals surface area contributed by atoms with E-state index in [4.69, 9.17) is 11.6 Å². The number of aryl methyl sites for hydroxylation is 1. The molecule has 2 heterocycles. The molecule has 0 atom stereocenters. The lowest BCUT2D eigenvalue weighted by atomic mass is 10.2. The Morgan fingerprint density at radius 3 is 2.77 bits per heavy atom. The molecule has 1 amide bonds. The number of fused-ring (bicyclic) bond motifs is 3. The summed E-state index contributed by atoms with van der Waals surface area (Å²) in [6, 6.07) is 12.8.